The van der Waals surface area contributed by atoms with Crippen LogP contribution in [0.2, 0.25) is 0 Å². The van der Waals surface area contributed by atoms with Crippen molar-refractivity contribution in [2.24, 2.45) is 0 Å². The highest BCUT2D eigenvalue weighted by Crippen LogP contribution is 2.34. The molecule has 6 heterocycles. The van der Waals surface area contributed by atoms with E-state index in [1.165, 1.54) is 19.3 Å². The summed E-state index contributed by atoms with van der Waals surface area (Å²) < 4.78 is 0. The van der Waals surface area contributed by atoms with Gasteiger partial charge in [-0.3, -0.25) is 10.1 Å². The van der Waals surface area contributed by atoms with E-state index in [9.17, 15) is 0 Å². The summed E-state index contributed by atoms with van der Waals surface area (Å²) in [6.07, 6.45) is 10.8. The van der Waals surface area contributed by atoms with E-state index >= 15 is 0 Å². The number of H-pyrrole nitrogens is 2. The van der Waals surface area contributed by atoms with Crippen molar-refractivity contribution in [2.45, 2.75) is 19.3 Å². The number of anilines is 2. The standard InChI is InChI=1S/C23H22N8/c24-16-8-14(11-25-13-16)15-9-18-21(29-30-22(18)27-12-15)20-10-17-19(28-20)4-5-26-23(17)31-6-2-1-3-7-31/h4-5,8-13,28H,1-3,6-7,24H2,(H,27,29,30). The highest BCUT2D eigenvalue weighted by Gasteiger charge is 2.18. The number of nitrogens with zero attached hydrogens (tertiary/aromatic N) is 5. The molecule has 6 rings (SSSR count). The molecule has 154 valence electrons. The summed E-state index contributed by atoms with van der Waals surface area (Å²) in [4.78, 5) is 19.4. The number of piperidine rings is 1. The van der Waals surface area contributed by atoms with Crippen LogP contribution in [-0.2, 0) is 0 Å². The van der Waals surface area contributed by atoms with Crippen molar-refractivity contribution < 1.29 is 0 Å². The molecule has 0 aromatic carbocycles. The Bertz CT molecular complexity index is 1390. The first kappa shape index (κ1) is 17.9. The van der Waals surface area contributed by atoms with Gasteiger partial charge in [0, 0.05) is 59.8 Å². The molecule has 1 aliphatic heterocycles. The van der Waals surface area contributed by atoms with E-state index in [0.717, 1.165) is 57.7 Å². The molecule has 5 aromatic heterocycles. The molecule has 1 saturated heterocycles. The maximum Gasteiger partial charge on any atom is 0.181 e. The van der Waals surface area contributed by atoms with Gasteiger partial charge in [0.25, 0.3) is 0 Å². The van der Waals surface area contributed by atoms with Gasteiger partial charge in [0.2, 0.25) is 0 Å². The Kier molecular flexibility index (Phi) is 4.09. The lowest BCUT2D eigenvalue weighted by Gasteiger charge is -2.28. The number of pyridine rings is 3. The van der Waals surface area contributed by atoms with E-state index in [-0.39, 0.29) is 0 Å². The van der Waals surface area contributed by atoms with Crippen LogP contribution in [0.15, 0.2) is 49.1 Å². The molecule has 1 aliphatic rings. The molecule has 8 nitrogen and oxygen atoms in total. The number of hydrogen-bond acceptors (Lipinski definition) is 6. The van der Waals surface area contributed by atoms with E-state index in [1.807, 2.05) is 18.3 Å². The molecule has 5 aromatic rings. The largest absolute Gasteiger partial charge is 0.397 e. The van der Waals surface area contributed by atoms with Crippen LogP contribution in [0.25, 0.3) is 44.5 Å². The van der Waals surface area contributed by atoms with Crippen LogP contribution in [-0.4, -0.2) is 43.2 Å². The second-order valence-electron chi connectivity index (χ2n) is 8.03. The topological polar surface area (TPSA) is 112 Å². The molecule has 0 atom stereocenters. The van der Waals surface area contributed by atoms with Crippen molar-refractivity contribution in [1.82, 2.24) is 30.1 Å². The lowest BCUT2D eigenvalue weighted by Crippen LogP contribution is -2.30. The van der Waals surface area contributed by atoms with Crippen molar-refractivity contribution in [3.63, 3.8) is 0 Å². The molecule has 0 saturated carbocycles. The van der Waals surface area contributed by atoms with Gasteiger partial charge in [-0.1, -0.05) is 0 Å². The molecule has 0 unspecified atom stereocenters. The first-order valence-corrected chi connectivity index (χ1v) is 10.5. The first-order valence-electron chi connectivity index (χ1n) is 10.5. The van der Waals surface area contributed by atoms with Crippen molar-refractivity contribution in [3.8, 4) is 22.5 Å². The second-order valence-corrected chi connectivity index (χ2v) is 8.03. The van der Waals surface area contributed by atoms with Gasteiger partial charge in [-0.2, -0.15) is 5.10 Å². The van der Waals surface area contributed by atoms with Crippen molar-refractivity contribution in [1.29, 1.82) is 0 Å². The van der Waals surface area contributed by atoms with Crippen LogP contribution in [0.3, 0.4) is 0 Å². The van der Waals surface area contributed by atoms with Crippen LogP contribution in [0.5, 0.6) is 0 Å². The lowest BCUT2D eigenvalue weighted by molar-refractivity contribution is 0.575. The summed E-state index contributed by atoms with van der Waals surface area (Å²) in [6, 6.07) is 8.16. The maximum atomic E-state index is 5.91. The number of nitrogens with one attached hydrogen (secondary N) is 2. The Labute approximate surface area is 178 Å². The number of hydrogen-bond donors (Lipinski definition) is 3. The minimum atomic E-state index is 0.623. The van der Waals surface area contributed by atoms with Gasteiger partial charge >= 0.3 is 0 Å². The normalized spacial score (nSPS) is 14.5. The number of aromatic amines is 2. The molecule has 0 aliphatic carbocycles. The highest BCUT2D eigenvalue weighted by molar-refractivity contribution is 5.99. The molecular weight excluding hydrogens is 388 g/mol. The van der Waals surface area contributed by atoms with E-state index in [1.54, 1.807) is 18.6 Å². The number of aromatic nitrogens is 6. The molecule has 0 radical (unpaired) electrons. The lowest BCUT2D eigenvalue weighted by atomic mass is 10.1. The van der Waals surface area contributed by atoms with E-state index in [2.05, 4.69) is 42.2 Å². The van der Waals surface area contributed by atoms with Gasteiger partial charge in [-0.25, -0.2) is 9.97 Å². The average molecular weight is 410 g/mol. The third-order valence-corrected chi connectivity index (χ3v) is 5.95. The zero-order chi connectivity index (χ0) is 20.8. The van der Waals surface area contributed by atoms with Crippen molar-refractivity contribution in [2.75, 3.05) is 23.7 Å². The van der Waals surface area contributed by atoms with Crippen LogP contribution in [0.1, 0.15) is 19.3 Å². The monoisotopic (exact) mass is 410 g/mol. The molecular formula is C23H22N8. The van der Waals surface area contributed by atoms with Gasteiger partial charge < -0.3 is 15.6 Å². The minimum Gasteiger partial charge on any atom is -0.397 e. The summed E-state index contributed by atoms with van der Waals surface area (Å²) in [5.74, 6) is 1.05. The molecule has 0 spiro atoms. The van der Waals surface area contributed by atoms with Gasteiger partial charge in [-0.15, -0.1) is 0 Å². The van der Waals surface area contributed by atoms with Crippen molar-refractivity contribution in [3.05, 3.63) is 49.1 Å². The zero-order valence-electron chi connectivity index (χ0n) is 17.0. The quantitative estimate of drug-likeness (QED) is 0.412. The van der Waals surface area contributed by atoms with Crippen molar-refractivity contribution >= 4 is 33.4 Å². The van der Waals surface area contributed by atoms with E-state index in [0.29, 0.717) is 11.3 Å². The Morgan fingerprint density at radius 2 is 1.77 bits per heavy atom. The zero-order valence-corrected chi connectivity index (χ0v) is 17.0. The molecule has 0 amide bonds. The number of nitrogen functional groups attached to an aromatic ring is 1. The first-order chi connectivity index (χ1) is 15.3. The van der Waals surface area contributed by atoms with Gasteiger partial charge in [-0.05, 0) is 43.5 Å². The van der Waals surface area contributed by atoms with Crippen LogP contribution in [0, 0.1) is 0 Å². The Morgan fingerprint density at radius 3 is 2.65 bits per heavy atom. The van der Waals surface area contributed by atoms with Crippen LogP contribution in [0.4, 0.5) is 11.5 Å². The van der Waals surface area contributed by atoms with Gasteiger partial charge in [0.05, 0.1) is 22.6 Å². The van der Waals surface area contributed by atoms with E-state index in [4.69, 9.17) is 10.7 Å². The van der Waals surface area contributed by atoms with Crippen LogP contribution < -0.4 is 10.6 Å². The smallest absolute Gasteiger partial charge is 0.181 e. The summed E-state index contributed by atoms with van der Waals surface area (Å²) in [7, 11) is 0. The summed E-state index contributed by atoms with van der Waals surface area (Å²) in [5.41, 5.74) is 12.0. The van der Waals surface area contributed by atoms with Gasteiger partial charge in [0.15, 0.2) is 5.65 Å². The Morgan fingerprint density at radius 1 is 0.903 bits per heavy atom. The predicted molar refractivity (Wildman–Crippen MR) is 123 cm³/mol. The highest BCUT2D eigenvalue weighted by atomic mass is 15.2. The summed E-state index contributed by atoms with van der Waals surface area (Å²) >= 11 is 0. The number of nitrogens with two attached hydrogens (primary N) is 1. The fraction of sp³-hybridized carbons (Fsp3) is 0.217. The minimum absolute atomic E-state index is 0.623. The second kappa shape index (κ2) is 7.09. The summed E-state index contributed by atoms with van der Waals surface area (Å²) in [5, 5.41) is 9.64. The van der Waals surface area contributed by atoms with Gasteiger partial charge in [0.1, 0.15) is 5.82 Å². The predicted octanol–water partition coefficient (Wildman–Crippen LogP) is 4.14. The molecule has 4 N–H and O–H groups in total. The van der Waals surface area contributed by atoms with E-state index < -0.39 is 0 Å². The molecule has 0 bridgehead atoms. The van der Waals surface area contributed by atoms with Crippen LogP contribution >= 0.6 is 0 Å². The fourth-order valence-corrected chi connectivity index (χ4v) is 4.41. The summed E-state index contributed by atoms with van der Waals surface area (Å²) in [6.45, 7) is 2.11. The maximum absolute atomic E-state index is 5.91. The Hall–Kier alpha value is -3.94. The molecule has 1 fully saturated rings. The fourth-order valence-electron chi connectivity index (χ4n) is 4.41. The molecule has 31 heavy (non-hydrogen) atoms. The SMILES string of the molecule is Nc1cncc(-c2cnc3n[nH]c(-c4cc5c(N6CCCCC6)nccc5[nH]4)c3c2)c1. The third kappa shape index (κ3) is 3.07. The average Bonchev–Trinajstić information content (AvgIpc) is 3.43. The third-order valence-electron chi connectivity index (χ3n) is 5.95. The Balaban J connectivity index is 1.46. The number of fused-ring (bicyclic) bond motifs is 2. The molecule has 8 heteroatoms. The number of rotatable bonds is 3.